The first kappa shape index (κ1) is 24.7. The van der Waals surface area contributed by atoms with Crippen LogP contribution in [0.4, 0.5) is 4.79 Å². The molecule has 9 atom stereocenters. The predicted octanol–water partition coefficient (Wildman–Crippen LogP) is 2.03. The molecule has 9 heteroatoms. The molecule has 0 aromatic rings. The molecule has 8 nitrogen and oxygen atoms in total. The Morgan fingerprint density at radius 1 is 1.03 bits per heavy atom. The number of rotatable bonds is 3. The van der Waals surface area contributed by atoms with Gasteiger partial charge in [0.1, 0.15) is 0 Å². The van der Waals surface area contributed by atoms with Crippen LogP contribution < -0.4 is 21.3 Å². The first-order valence-corrected chi connectivity index (χ1v) is 13.2. The van der Waals surface area contributed by atoms with Gasteiger partial charge in [-0.3, -0.25) is 14.9 Å². The van der Waals surface area contributed by atoms with Gasteiger partial charge < -0.3 is 20.9 Å². The van der Waals surface area contributed by atoms with Crippen molar-refractivity contribution < 1.29 is 14.4 Å². The normalized spacial score (nSPS) is 41.8. The van der Waals surface area contributed by atoms with Crippen molar-refractivity contribution in [1.82, 2.24) is 26.2 Å². The van der Waals surface area contributed by atoms with E-state index < -0.39 is 6.03 Å². The predicted molar refractivity (Wildman–Crippen MR) is 128 cm³/mol. The standard InChI is InChI=1S/C24H40ClN5O3/c1-13-4-6-17(28-24(33)29-22(31)15-5-7-21(25)27-11-15)10-18(13)19-9-16-12-26-14(2)8-20(16)30(3)23(19)32/h13-21,26-27H,4-12H2,1-3H3,(H2,28,29,31,33). The summed E-state index contributed by atoms with van der Waals surface area (Å²) in [6.07, 6.45) is 5.97. The largest absolute Gasteiger partial charge is 0.342 e. The van der Waals surface area contributed by atoms with Gasteiger partial charge in [0, 0.05) is 44.2 Å². The molecule has 4 rings (SSSR count). The third kappa shape index (κ3) is 5.65. The van der Waals surface area contributed by atoms with Crippen LogP contribution in [0.3, 0.4) is 0 Å². The highest BCUT2D eigenvalue weighted by atomic mass is 35.5. The van der Waals surface area contributed by atoms with Crippen molar-refractivity contribution in [2.45, 2.75) is 82.4 Å². The number of carbonyl (C=O) groups excluding carboxylic acids is 3. The van der Waals surface area contributed by atoms with Crippen molar-refractivity contribution in [2.24, 2.45) is 29.6 Å². The fourth-order valence-corrected chi connectivity index (χ4v) is 6.80. The highest BCUT2D eigenvalue weighted by Crippen LogP contribution is 2.43. The molecule has 0 aromatic heterocycles. The Bertz CT molecular complexity index is 744. The fraction of sp³-hybridized carbons (Fsp3) is 0.875. The van der Waals surface area contributed by atoms with E-state index in [2.05, 4.69) is 35.1 Å². The van der Waals surface area contributed by atoms with Gasteiger partial charge in [-0.05, 0) is 69.6 Å². The second kappa shape index (κ2) is 10.5. The Hall–Kier alpha value is -1.38. The van der Waals surface area contributed by atoms with Gasteiger partial charge in [-0.1, -0.05) is 6.92 Å². The molecule has 4 aliphatic rings. The third-order valence-corrected chi connectivity index (χ3v) is 9.03. The fourth-order valence-electron chi connectivity index (χ4n) is 6.58. The summed E-state index contributed by atoms with van der Waals surface area (Å²) in [6.45, 7) is 5.89. The quantitative estimate of drug-likeness (QED) is 0.365. The lowest BCUT2D eigenvalue weighted by atomic mass is 9.65. The second-order valence-electron chi connectivity index (χ2n) is 10.9. The van der Waals surface area contributed by atoms with Gasteiger partial charge in [-0.15, -0.1) is 11.6 Å². The van der Waals surface area contributed by atoms with E-state index in [1.54, 1.807) is 0 Å². The number of halogens is 1. The molecule has 186 valence electrons. The van der Waals surface area contributed by atoms with Crippen molar-refractivity contribution in [1.29, 1.82) is 0 Å². The van der Waals surface area contributed by atoms with Crippen molar-refractivity contribution in [3.8, 4) is 0 Å². The van der Waals surface area contributed by atoms with Crippen LogP contribution in [-0.2, 0) is 9.59 Å². The number of urea groups is 1. The summed E-state index contributed by atoms with van der Waals surface area (Å²) in [5.41, 5.74) is -0.103. The van der Waals surface area contributed by atoms with E-state index in [0.717, 1.165) is 38.6 Å². The SMILES string of the molecule is CC1CC2C(CN1)CC(C1CC(NC(=O)NC(=O)C3CCC(Cl)NC3)CCC1C)C(=O)N2C. The number of piperidine rings is 3. The zero-order chi connectivity index (χ0) is 23.7. The molecule has 0 aromatic carbocycles. The smallest absolute Gasteiger partial charge is 0.321 e. The molecule has 4 N–H and O–H groups in total. The van der Waals surface area contributed by atoms with Crippen LogP contribution in [0, 0.1) is 29.6 Å². The Balaban J connectivity index is 1.32. The molecule has 0 radical (unpaired) electrons. The molecule has 1 saturated carbocycles. The lowest BCUT2D eigenvalue weighted by molar-refractivity contribution is -0.148. The number of carbonyl (C=O) groups is 3. The number of nitrogens with zero attached hydrogens (tertiary/aromatic N) is 1. The number of hydrogen-bond acceptors (Lipinski definition) is 5. The number of imide groups is 1. The van der Waals surface area contributed by atoms with Crippen molar-refractivity contribution in [3.63, 3.8) is 0 Å². The van der Waals surface area contributed by atoms with Crippen LogP contribution in [0.2, 0.25) is 0 Å². The minimum absolute atomic E-state index is 0.00700. The topological polar surface area (TPSA) is 103 Å². The zero-order valence-electron chi connectivity index (χ0n) is 20.1. The monoisotopic (exact) mass is 481 g/mol. The van der Waals surface area contributed by atoms with Crippen molar-refractivity contribution in [2.75, 3.05) is 20.1 Å². The van der Waals surface area contributed by atoms with E-state index in [-0.39, 0.29) is 41.1 Å². The van der Waals surface area contributed by atoms with Gasteiger partial charge in [0.15, 0.2) is 0 Å². The lowest BCUT2D eigenvalue weighted by Gasteiger charge is -2.50. The van der Waals surface area contributed by atoms with E-state index in [0.29, 0.717) is 43.3 Å². The van der Waals surface area contributed by atoms with Gasteiger partial charge >= 0.3 is 6.03 Å². The Kier molecular flexibility index (Phi) is 7.86. The molecular formula is C24H40ClN5O3. The molecule has 3 aliphatic heterocycles. The summed E-state index contributed by atoms with van der Waals surface area (Å²) < 4.78 is 0. The van der Waals surface area contributed by atoms with Crippen molar-refractivity contribution in [3.05, 3.63) is 0 Å². The first-order valence-electron chi connectivity index (χ1n) is 12.7. The Morgan fingerprint density at radius 3 is 2.55 bits per heavy atom. The number of likely N-dealkylation sites (tertiary alicyclic amines) is 1. The molecule has 4 fully saturated rings. The van der Waals surface area contributed by atoms with E-state index >= 15 is 0 Å². The average Bonchev–Trinajstić information content (AvgIpc) is 2.78. The van der Waals surface area contributed by atoms with Gasteiger partial charge in [-0.2, -0.15) is 0 Å². The van der Waals surface area contributed by atoms with Crippen LogP contribution >= 0.6 is 11.6 Å². The van der Waals surface area contributed by atoms with Gasteiger partial charge in [-0.25, -0.2) is 4.79 Å². The summed E-state index contributed by atoms with van der Waals surface area (Å²) in [6, 6.07) is 0.333. The van der Waals surface area contributed by atoms with Gasteiger partial charge in [0.25, 0.3) is 0 Å². The Labute approximate surface area is 202 Å². The summed E-state index contributed by atoms with van der Waals surface area (Å²) in [4.78, 5) is 40.4. The van der Waals surface area contributed by atoms with Gasteiger partial charge in [0.2, 0.25) is 11.8 Å². The molecule has 33 heavy (non-hydrogen) atoms. The first-order chi connectivity index (χ1) is 15.7. The molecule has 3 heterocycles. The number of alkyl halides is 1. The molecule has 1 aliphatic carbocycles. The van der Waals surface area contributed by atoms with Crippen LogP contribution in [0.5, 0.6) is 0 Å². The van der Waals surface area contributed by atoms with Gasteiger partial charge in [0.05, 0.1) is 11.4 Å². The second-order valence-corrected chi connectivity index (χ2v) is 11.5. The average molecular weight is 482 g/mol. The molecule has 4 amide bonds. The van der Waals surface area contributed by atoms with Crippen LogP contribution in [0.25, 0.3) is 0 Å². The number of amides is 4. The van der Waals surface area contributed by atoms with E-state index in [9.17, 15) is 14.4 Å². The highest BCUT2D eigenvalue weighted by Gasteiger charge is 2.47. The molecular weight excluding hydrogens is 442 g/mol. The summed E-state index contributed by atoms with van der Waals surface area (Å²) in [5.74, 6) is 0.972. The Morgan fingerprint density at radius 2 is 1.82 bits per heavy atom. The van der Waals surface area contributed by atoms with Crippen LogP contribution in [0.15, 0.2) is 0 Å². The number of hydrogen-bond donors (Lipinski definition) is 4. The third-order valence-electron chi connectivity index (χ3n) is 8.66. The van der Waals surface area contributed by atoms with E-state index in [1.165, 1.54) is 0 Å². The maximum absolute atomic E-state index is 13.4. The van der Waals surface area contributed by atoms with Crippen molar-refractivity contribution >= 4 is 29.4 Å². The molecule has 0 spiro atoms. The summed E-state index contributed by atoms with van der Waals surface area (Å²) in [5, 5.41) is 12.2. The summed E-state index contributed by atoms with van der Waals surface area (Å²) in [7, 11) is 1.97. The molecule has 0 bridgehead atoms. The maximum atomic E-state index is 13.4. The highest BCUT2D eigenvalue weighted by molar-refractivity contribution is 6.20. The summed E-state index contributed by atoms with van der Waals surface area (Å²) >= 11 is 6.02. The maximum Gasteiger partial charge on any atom is 0.321 e. The number of nitrogens with one attached hydrogen (secondary N) is 4. The van der Waals surface area contributed by atoms with E-state index in [1.807, 2.05) is 11.9 Å². The minimum atomic E-state index is -0.427. The zero-order valence-corrected chi connectivity index (χ0v) is 20.9. The molecule has 3 saturated heterocycles. The molecule has 9 unspecified atom stereocenters. The van der Waals surface area contributed by atoms with Crippen LogP contribution in [0.1, 0.15) is 58.8 Å². The van der Waals surface area contributed by atoms with Crippen LogP contribution in [-0.4, -0.2) is 66.5 Å². The minimum Gasteiger partial charge on any atom is -0.342 e. The van der Waals surface area contributed by atoms with E-state index in [4.69, 9.17) is 11.6 Å². The lowest BCUT2D eigenvalue weighted by Crippen LogP contribution is -2.60. The number of fused-ring (bicyclic) bond motifs is 1.